The van der Waals surface area contributed by atoms with Gasteiger partial charge in [-0.1, -0.05) is 121 Å². The summed E-state index contributed by atoms with van der Waals surface area (Å²) in [4.78, 5) is 33.2. The summed E-state index contributed by atoms with van der Waals surface area (Å²) in [5.74, 6) is -0.811. The van der Waals surface area contributed by atoms with Crippen molar-refractivity contribution in [3.63, 3.8) is 0 Å². The maximum Gasteiger partial charge on any atom is 0.339 e. The van der Waals surface area contributed by atoms with Crippen molar-refractivity contribution in [3.8, 4) is 0 Å². The Balaban J connectivity index is 2.09. The van der Waals surface area contributed by atoms with Crippen LogP contribution >= 0.6 is 0 Å². The number of nitrogens with zero attached hydrogens (tertiary/aromatic N) is 1. The van der Waals surface area contributed by atoms with Crippen LogP contribution in [0.2, 0.25) is 0 Å². The minimum Gasteiger partial charge on any atom is -0.467 e. The fourth-order valence-electron chi connectivity index (χ4n) is 4.58. The Kier molecular flexibility index (Phi) is 7.25. The van der Waals surface area contributed by atoms with Crippen LogP contribution in [0.3, 0.4) is 0 Å². The van der Waals surface area contributed by atoms with Crippen LogP contribution in [-0.2, 0) is 15.1 Å². The molecule has 4 nitrogen and oxygen atoms in total. The molecule has 0 aliphatic heterocycles. The average Bonchev–Trinajstić information content (AvgIpc) is 2.94. The molecule has 0 spiro atoms. The number of carbonyl (C=O) groups excluding carboxylic acids is 2. The molecule has 4 heteroatoms. The third kappa shape index (κ3) is 4.50. The number of Topliss-reactive ketones (excluding diaryl/α,β-unsaturated/α-hetero) is 1. The van der Waals surface area contributed by atoms with Crippen molar-refractivity contribution in [2.24, 2.45) is 10.4 Å². The number of esters is 1. The van der Waals surface area contributed by atoms with Crippen molar-refractivity contribution < 1.29 is 14.3 Å². The van der Waals surface area contributed by atoms with E-state index >= 15 is 0 Å². The van der Waals surface area contributed by atoms with Crippen LogP contribution in [0.4, 0.5) is 0 Å². The van der Waals surface area contributed by atoms with Crippen molar-refractivity contribution in [2.75, 3.05) is 7.11 Å². The molecule has 4 rings (SSSR count). The number of ketones is 1. The zero-order valence-electron chi connectivity index (χ0n) is 20.7. The van der Waals surface area contributed by atoms with Crippen LogP contribution in [0.25, 0.3) is 0 Å². The fraction of sp³-hybridized carbons (Fsp3) is 0.156. The second kappa shape index (κ2) is 10.5. The van der Waals surface area contributed by atoms with Crippen LogP contribution in [-0.4, -0.2) is 24.6 Å². The van der Waals surface area contributed by atoms with Gasteiger partial charge in [-0.3, -0.25) is 9.79 Å². The zero-order valence-corrected chi connectivity index (χ0v) is 20.7. The lowest BCUT2D eigenvalue weighted by Gasteiger charge is -2.41. The van der Waals surface area contributed by atoms with Gasteiger partial charge in [0, 0.05) is 16.7 Å². The summed E-state index contributed by atoms with van der Waals surface area (Å²) in [6.45, 7) is 3.53. The molecule has 0 saturated heterocycles. The predicted octanol–water partition coefficient (Wildman–Crippen LogP) is 6.50. The lowest BCUT2D eigenvalue weighted by molar-refractivity contribution is -0.151. The molecule has 0 aromatic heterocycles. The van der Waals surface area contributed by atoms with E-state index in [1.165, 1.54) is 7.11 Å². The zero-order chi connectivity index (χ0) is 25.6. The number of rotatable bonds is 8. The van der Waals surface area contributed by atoms with Crippen molar-refractivity contribution in [3.05, 3.63) is 144 Å². The Morgan fingerprint density at radius 2 is 1.00 bits per heavy atom. The van der Waals surface area contributed by atoms with Gasteiger partial charge in [-0.15, -0.1) is 0 Å². The highest BCUT2D eigenvalue weighted by atomic mass is 16.5. The van der Waals surface area contributed by atoms with Crippen LogP contribution < -0.4 is 0 Å². The number of benzene rings is 4. The lowest BCUT2D eigenvalue weighted by atomic mass is 9.64. The number of carbonyl (C=O) groups is 2. The Labute approximate surface area is 212 Å². The summed E-state index contributed by atoms with van der Waals surface area (Å²) in [5, 5.41) is 0. The second-order valence-corrected chi connectivity index (χ2v) is 9.08. The molecule has 0 radical (unpaired) electrons. The van der Waals surface area contributed by atoms with Crippen LogP contribution in [0.5, 0.6) is 0 Å². The SMILES string of the molecule is COC(=O)[C@](N=C(c1ccccc1)c1ccccc1)(c1ccccc1)C(C)(C)C(=O)c1ccccc1. The van der Waals surface area contributed by atoms with Gasteiger partial charge in [0.15, 0.2) is 11.3 Å². The molecule has 0 aliphatic carbocycles. The van der Waals surface area contributed by atoms with E-state index in [0.29, 0.717) is 16.8 Å². The average molecular weight is 476 g/mol. The molecule has 1 atom stereocenters. The molecule has 180 valence electrons. The van der Waals surface area contributed by atoms with Gasteiger partial charge in [0.2, 0.25) is 0 Å². The molecule has 36 heavy (non-hydrogen) atoms. The normalized spacial score (nSPS) is 12.8. The molecule has 0 fully saturated rings. The monoisotopic (exact) mass is 475 g/mol. The Hall–Kier alpha value is -4.31. The summed E-state index contributed by atoms with van der Waals surface area (Å²) < 4.78 is 5.42. The van der Waals surface area contributed by atoms with Crippen LogP contribution in [0, 0.1) is 5.41 Å². The van der Waals surface area contributed by atoms with E-state index < -0.39 is 16.9 Å². The number of hydrogen-bond donors (Lipinski definition) is 0. The van der Waals surface area contributed by atoms with E-state index in [1.807, 2.05) is 109 Å². The Morgan fingerprint density at radius 3 is 1.42 bits per heavy atom. The highest BCUT2D eigenvalue weighted by molar-refractivity contribution is 6.15. The number of methoxy groups -OCH3 is 1. The summed E-state index contributed by atoms with van der Waals surface area (Å²) >= 11 is 0. The predicted molar refractivity (Wildman–Crippen MR) is 143 cm³/mol. The standard InChI is InChI=1S/C32H29NO3/c1-31(2,29(34)26-20-12-6-13-21-26)32(30(35)36-3,27-22-14-7-15-23-27)33-28(24-16-8-4-9-17-24)25-18-10-5-11-19-25/h4-23H,1-3H3/t32-/m1/s1. The van der Waals surface area contributed by atoms with Crippen molar-refractivity contribution >= 4 is 17.5 Å². The summed E-state index contributed by atoms with van der Waals surface area (Å²) in [7, 11) is 1.34. The smallest absolute Gasteiger partial charge is 0.339 e. The van der Waals surface area contributed by atoms with Gasteiger partial charge < -0.3 is 4.74 Å². The van der Waals surface area contributed by atoms with Crippen molar-refractivity contribution in [1.82, 2.24) is 0 Å². The third-order valence-electron chi connectivity index (χ3n) is 6.55. The Bertz CT molecular complexity index is 1310. The number of hydrogen-bond acceptors (Lipinski definition) is 4. The summed E-state index contributed by atoms with van der Waals surface area (Å²) in [6.07, 6.45) is 0. The van der Waals surface area contributed by atoms with Crippen molar-refractivity contribution in [1.29, 1.82) is 0 Å². The molecule has 0 amide bonds. The maximum absolute atomic E-state index is 14.1. The second-order valence-electron chi connectivity index (χ2n) is 9.08. The highest BCUT2D eigenvalue weighted by Crippen LogP contribution is 2.47. The summed E-state index contributed by atoms with van der Waals surface area (Å²) in [6, 6.07) is 37.6. The summed E-state index contributed by atoms with van der Waals surface area (Å²) in [5.41, 5.74) is 0.360. The van der Waals surface area contributed by atoms with E-state index in [4.69, 9.17) is 9.73 Å². The van der Waals surface area contributed by atoms with Crippen LogP contribution in [0.15, 0.2) is 126 Å². The van der Waals surface area contributed by atoms with Gasteiger partial charge in [0.1, 0.15) is 0 Å². The van der Waals surface area contributed by atoms with E-state index in [0.717, 1.165) is 11.1 Å². The highest BCUT2D eigenvalue weighted by Gasteiger charge is 2.58. The topological polar surface area (TPSA) is 55.7 Å². The quantitative estimate of drug-likeness (QED) is 0.166. The number of ether oxygens (including phenoxy) is 1. The molecular formula is C32H29NO3. The van der Waals surface area contributed by atoms with Gasteiger partial charge in [0.05, 0.1) is 18.2 Å². The Morgan fingerprint density at radius 1 is 0.611 bits per heavy atom. The van der Waals surface area contributed by atoms with E-state index in [2.05, 4.69) is 0 Å². The first-order valence-electron chi connectivity index (χ1n) is 11.9. The number of aliphatic imine (C=N–C) groups is 1. The van der Waals surface area contributed by atoms with Crippen molar-refractivity contribution in [2.45, 2.75) is 19.4 Å². The molecule has 4 aromatic rings. The van der Waals surface area contributed by atoms with E-state index in [1.54, 1.807) is 26.0 Å². The molecule has 0 N–H and O–H groups in total. The maximum atomic E-state index is 14.1. The van der Waals surface area contributed by atoms with Gasteiger partial charge in [-0.25, -0.2) is 4.79 Å². The molecule has 4 aromatic carbocycles. The minimum absolute atomic E-state index is 0.207. The first-order chi connectivity index (χ1) is 17.4. The molecule has 0 aliphatic rings. The van der Waals surface area contributed by atoms with Crippen LogP contribution in [0.1, 0.15) is 40.9 Å². The largest absolute Gasteiger partial charge is 0.467 e. The fourth-order valence-corrected chi connectivity index (χ4v) is 4.58. The lowest BCUT2D eigenvalue weighted by Crippen LogP contribution is -2.52. The molecule has 0 bridgehead atoms. The minimum atomic E-state index is -1.67. The van der Waals surface area contributed by atoms with E-state index in [-0.39, 0.29) is 5.78 Å². The first kappa shape index (κ1) is 24.8. The van der Waals surface area contributed by atoms with Gasteiger partial charge in [-0.05, 0) is 19.4 Å². The molecule has 0 saturated carbocycles. The third-order valence-corrected chi connectivity index (χ3v) is 6.55. The van der Waals surface area contributed by atoms with E-state index in [9.17, 15) is 9.59 Å². The molecular weight excluding hydrogens is 446 g/mol. The van der Waals surface area contributed by atoms with Gasteiger partial charge >= 0.3 is 5.97 Å². The van der Waals surface area contributed by atoms with Gasteiger partial charge in [0.25, 0.3) is 0 Å². The molecule has 0 unspecified atom stereocenters. The first-order valence-corrected chi connectivity index (χ1v) is 11.9. The van der Waals surface area contributed by atoms with Gasteiger partial charge in [-0.2, -0.15) is 0 Å². The molecule has 0 heterocycles.